The first-order valence-corrected chi connectivity index (χ1v) is 18.8. The molecule has 0 radical (unpaired) electrons. The Morgan fingerprint density at radius 2 is 1.60 bits per heavy atom. The first kappa shape index (κ1) is 32.9. The first-order chi connectivity index (χ1) is 20.7. The number of methoxy groups -OCH3 is 1. The number of rotatable bonds is 15. The largest absolute Gasteiger partial charge is 0.380 e. The lowest BCUT2D eigenvalue weighted by Gasteiger charge is -2.37. The molecule has 0 bridgehead atoms. The average Bonchev–Trinajstić information content (AvgIpc) is 3.79. The topological polar surface area (TPSA) is 46.6 Å². The fourth-order valence-electron chi connectivity index (χ4n) is 10.1. The van der Waals surface area contributed by atoms with Gasteiger partial charge in [-0.2, -0.15) is 11.8 Å². The Morgan fingerprint density at radius 1 is 0.860 bits per heavy atom. The molecule has 9 heteroatoms. The molecule has 6 heterocycles. The SMILES string of the molecule is CO[C@H]1CN2C(CCOC[C@@]34CCCN3C[C@H](SC)C4)CC[C@@]2(COC(C)CC2CC[C@@]3(COC(C)C)C[C@@H](F)CN23)C1. The molecule has 9 atom stereocenters. The van der Waals surface area contributed by atoms with Crippen molar-refractivity contribution in [3.8, 4) is 0 Å². The molecule has 0 aromatic carbocycles. The molecule has 0 aromatic rings. The summed E-state index contributed by atoms with van der Waals surface area (Å²) in [7, 11) is 1.86. The lowest BCUT2D eigenvalue weighted by atomic mass is 9.94. The minimum Gasteiger partial charge on any atom is -0.380 e. The van der Waals surface area contributed by atoms with Crippen LogP contribution >= 0.6 is 11.8 Å². The van der Waals surface area contributed by atoms with Gasteiger partial charge in [0.1, 0.15) is 6.17 Å². The summed E-state index contributed by atoms with van der Waals surface area (Å²) in [5, 5.41) is 0.767. The fraction of sp³-hybridized carbons (Fsp3) is 1.00. The van der Waals surface area contributed by atoms with Crippen LogP contribution in [-0.4, -0.2) is 139 Å². The Hall–Kier alpha value is -0.0000000000000000486. The third-order valence-electron chi connectivity index (χ3n) is 12.3. The molecule has 6 fully saturated rings. The molecule has 0 spiro atoms. The maximum absolute atomic E-state index is 14.6. The van der Waals surface area contributed by atoms with E-state index < -0.39 is 6.17 Å². The third-order valence-corrected chi connectivity index (χ3v) is 13.3. The van der Waals surface area contributed by atoms with Crippen molar-refractivity contribution in [3.63, 3.8) is 0 Å². The lowest BCUT2D eigenvalue weighted by molar-refractivity contribution is -0.0360. The second-order valence-corrected chi connectivity index (χ2v) is 16.5. The molecule has 248 valence electrons. The number of halogens is 1. The third kappa shape index (κ3) is 6.72. The second kappa shape index (κ2) is 13.6. The molecule has 3 unspecified atom stereocenters. The number of nitrogens with zero attached hydrogens (tertiary/aromatic N) is 3. The average molecular weight is 626 g/mol. The van der Waals surface area contributed by atoms with Crippen molar-refractivity contribution in [3.05, 3.63) is 0 Å². The van der Waals surface area contributed by atoms with E-state index in [0.29, 0.717) is 37.2 Å². The summed E-state index contributed by atoms with van der Waals surface area (Å²) in [4.78, 5) is 7.90. The summed E-state index contributed by atoms with van der Waals surface area (Å²) < 4.78 is 39.8. The van der Waals surface area contributed by atoms with E-state index in [2.05, 4.69) is 41.7 Å². The monoisotopic (exact) mass is 625 g/mol. The Labute approximate surface area is 265 Å². The van der Waals surface area contributed by atoms with Crippen LogP contribution in [0.15, 0.2) is 0 Å². The molecule has 0 N–H and O–H groups in total. The fourth-order valence-corrected chi connectivity index (χ4v) is 10.9. The summed E-state index contributed by atoms with van der Waals surface area (Å²) in [6.45, 7) is 13.6. The van der Waals surface area contributed by atoms with E-state index >= 15 is 0 Å². The van der Waals surface area contributed by atoms with Crippen molar-refractivity contribution >= 4 is 11.8 Å². The summed E-state index contributed by atoms with van der Waals surface area (Å²) in [6, 6.07) is 0.923. The number of hydrogen-bond acceptors (Lipinski definition) is 8. The predicted molar refractivity (Wildman–Crippen MR) is 172 cm³/mol. The van der Waals surface area contributed by atoms with Crippen molar-refractivity contribution in [1.82, 2.24) is 14.7 Å². The standard InChI is InChI=1S/C34H60FN3O4S/c1-25(2)41-23-33-12-8-29(37(33)19-27(35)16-33)15-26(3)42-24-34-11-7-28(38(34)20-30(17-34)39-4)9-14-40-22-32-10-6-13-36(32)21-31(18-32)43-5/h25-31H,6-24H2,1-5H3/t26?,27-,28?,29?,30-,31-,32+,33+,34+/m1/s1. The summed E-state index contributed by atoms with van der Waals surface area (Å²) >= 11 is 2.03. The van der Waals surface area contributed by atoms with Gasteiger partial charge < -0.3 is 18.9 Å². The number of ether oxygens (including phenoxy) is 4. The van der Waals surface area contributed by atoms with Crippen LogP contribution in [0.3, 0.4) is 0 Å². The highest BCUT2D eigenvalue weighted by Gasteiger charge is 2.55. The van der Waals surface area contributed by atoms with Gasteiger partial charge in [-0.3, -0.25) is 14.7 Å². The molecule has 43 heavy (non-hydrogen) atoms. The van der Waals surface area contributed by atoms with Crippen LogP contribution in [0.5, 0.6) is 0 Å². The van der Waals surface area contributed by atoms with Crippen LogP contribution in [0.25, 0.3) is 0 Å². The van der Waals surface area contributed by atoms with E-state index in [1.807, 2.05) is 18.9 Å². The molecular formula is C34H60FN3O4S. The summed E-state index contributed by atoms with van der Waals surface area (Å²) in [6.07, 6.45) is 14.3. The minimum atomic E-state index is -0.742. The minimum absolute atomic E-state index is 0.0692. The highest BCUT2D eigenvalue weighted by Crippen LogP contribution is 2.47. The van der Waals surface area contributed by atoms with E-state index in [-0.39, 0.29) is 29.4 Å². The van der Waals surface area contributed by atoms with Crippen LogP contribution in [0.1, 0.15) is 91.4 Å². The zero-order chi connectivity index (χ0) is 30.2. The van der Waals surface area contributed by atoms with Crippen LogP contribution < -0.4 is 0 Å². The molecule has 6 rings (SSSR count). The van der Waals surface area contributed by atoms with Crippen LogP contribution in [0.2, 0.25) is 0 Å². The molecule has 7 nitrogen and oxygen atoms in total. The van der Waals surface area contributed by atoms with Crippen molar-refractivity contribution in [1.29, 1.82) is 0 Å². The zero-order valence-electron chi connectivity index (χ0n) is 27.7. The van der Waals surface area contributed by atoms with E-state index in [1.165, 1.54) is 45.2 Å². The van der Waals surface area contributed by atoms with Gasteiger partial charge >= 0.3 is 0 Å². The van der Waals surface area contributed by atoms with Crippen molar-refractivity contribution < 1.29 is 23.3 Å². The Balaban J connectivity index is 0.992. The van der Waals surface area contributed by atoms with Gasteiger partial charge in [0, 0.05) is 73.7 Å². The molecule has 0 saturated carbocycles. The zero-order valence-corrected chi connectivity index (χ0v) is 28.6. The Morgan fingerprint density at radius 3 is 2.37 bits per heavy atom. The number of hydrogen-bond donors (Lipinski definition) is 0. The Kier molecular flexibility index (Phi) is 10.4. The van der Waals surface area contributed by atoms with Crippen molar-refractivity contribution in [2.75, 3.05) is 66.0 Å². The molecule has 0 amide bonds. The molecule has 0 aliphatic carbocycles. The Bertz CT molecular complexity index is 934. The molecule has 0 aromatic heterocycles. The second-order valence-electron chi connectivity index (χ2n) is 15.4. The van der Waals surface area contributed by atoms with Crippen molar-refractivity contribution in [2.24, 2.45) is 0 Å². The van der Waals surface area contributed by atoms with Gasteiger partial charge in [-0.1, -0.05) is 0 Å². The van der Waals surface area contributed by atoms with Gasteiger partial charge in [0.25, 0.3) is 0 Å². The quantitative estimate of drug-likeness (QED) is 0.232. The van der Waals surface area contributed by atoms with Crippen LogP contribution in [0, 0.1) is 0 Å². The van der Waals surface area contributed by atoms with E-state index in [4.69, 9.17) is 18.9 Å². The van der Waals surface area contributed by atoms with Crippen LogP contribution in [-0.2, 0) is 18.9 Å². The van der Waals surface area contributed by atoms with E-state index in [0.717, 1.165) is 63.7 Å². The van der Waals surface area contributed by atoms with Gasteiger partial charge in [-0.25, -0.2) is 4.39 Å². The van der Waals surface area contributed by atoms with E-state index in [1.54, 1.807) is 0 Å². The highest BCUT2D eigenvalue weighted by molar-refractivity contribution is 7.99. The molecule has 6 aliphatic rings. The maximum Gasteiger partial charge on any atom is 0.115 e. The molecular weight excluding hydrogens is 565 g/mol. The number of thioether (sulfide) groups is 1. The molecule has 6 aliphatic heterocycles. The van der Waals surface area contributed by atoms with Gasteiger partial charge in [0.15, 0.2) is 0 Å². The lowest BCUT2D eigenvalue weighted by Crippen LogP contribution is -2.48. The van der Waals surface area contributed by atoms with Gasteiger partial charge in [0.2, 0.25) is 0 Å². The van der Waals surface area contributed by atoms with E-state index in [9.17, 15) is 4.39 Å². The molecule has 6 saturated heterocycles. The predicted octanol–water partition coefficient (Wildman–Crippen LogP) is 5.15. The highest BCUT2D eigenvalue weighted by atomic mass is 32.2. The maximum atomic E-state index is 14.6. The summed E-state index contributed by atoms with van der Waals surface area (Å²) in [5.41, 5.74) is 0.248. The first-order valence-electron chi connectivity index (χ1n) is 17.5. The van der Waals surface area contributed by atoms with Gasteiger partial charge in [-0.15, -0.1) is 0 Å². The van der Waals surface area contributed by atoms with Gasteiger partial charge in [-0.05, 0) is 97.8 Å². The smallest absolute Gasteiger partial charge is 0.115 e. The summed E-state index contributed by atoms with van der Waals surface area (Å²) in [5.74, 6) is 0. The van der Waals surface area contributed by atoms with Gasteiger partial charge in [0.05, 0.1) is 38.1 Å². The number of alkyl halides is 1. The normalized spacial score (nSPS) is 42.3. The van der Waals surface area contributed by atoms with Crippen LogP contribution in [0.4, 0.5) is 4.39 Å². The number of fused-ring (bicyclic) bond motifs is 3. The van der Waals surface area contributed by atoms with Crippen molar-refractivity contribution in [2.45, 2.75) is 150 Å².